The lowest BCUT2D eigenvalue weighted by molar-refractivity contribution is -0.133. The minimum Gasteiger partial charge on any atom is -0.370 e. The third-order valence-electron chi connectivity index (χ3n) is 1.71. The number of nitrogens with two attached hydrogens (primary N) is 2. The zero-order valence-corrected chi connectivity index (χ0v) is 8.19. The third kappa shape index (κ3) is 3.92. The average molecular weight is 197 g/mol. The molecule has 0 fully saturated rings. The molecular weight excluding hydrogens is 182 g/mol. The summed E-state index contributed by atoms with van der Waals surface area (Å²) in [6, 6.07) is -0.888. The lowest BCUT2D eigenvalue weighted by Gasteiger charge is -2.21. The van der Waals surface area contributed by atoms with Crippen molar-refractivity contribution in [1.29, 1.82) is 0 Å². The molecule has 0 heterocycles. The Morgan fingerprint density at radius 1 is 1.57 bits per heavy atom. The maximum atomic E-state index is 11.5. The van der Waals surface area contributed by atoms with Crippen LogP contribution in [0.5, 0.6) is 0 Å². The Morgan fingerprint density at radius 2 is 2.14 bits per heavy atom. The molecule has 78 valence electrons. The van der Waals surface area contributed by atoms with E-state index in [1.807, 2.05) is 0 Å². The van der Waals surface area contributed by atoms with Crippen molar-refractivity contribution in [3.8, 4) is 12.3 Å². The Hall–Kier alpha value is -1.54. The zero-order valence-electron chi connectivity index (χ0n) is 8.19. The molecular formula is C9H15N3O2. The van der Waals surface area contributed by atoms with E-state index in [2.05, 4.69) is 5.92 Å². The predicted molar refractivity (Wildman–Crippen MR) is 52.9 cm³/mol. The Balaban J connectivity index is 4.28. The van der Waals surface area contributed by atoms with Gasteiger partial charge >= 0.3 is 0 Å². The van der Waals surface area contributed by atoms with E-state index >= 15 is 0 Å². The van der Waals surface area contributed by atoms with Crippen LogP contribution in [0.2, 0.25) is 0 Å². The van der Waals surface area contributed by atoms with Gasteiger partial charge in [0, 0.05) is 6.54 Å². The van der Waals surface area contributed by atoms with Gasteiger partial charge < -0.3 is 16.4 Å². The molecule has 14 heavy (non-hydrogen) atoms. The number of carbonyl (C=O) groups excluding carboxylic acids is 2. The highest BCUT2D eigenvalue weighted by Crippen LogP contribution is 1.96. The van der Waals surface area contributed by atoms with Crippen LogP contribution in [0, 0.1) is 12.3 Å². The van der Waals surface area contributed by atoms with Gasteiger partial charge in [-0.15, -0.1) is 6.42 Å². The van der Waals surface area contributed by atoms with Crippen molar-refractivity contribution in [3.05, 3.63) is 0 Å². The van der Waals surface area contributed by atoms with Gasteiger partial charge in [0.25, 0.3) is 0 Å². The molecule has 0 rings (SSSR count). The summed E-state index contributed by atoms with van der Waals surface area (Å²) in [4.78, 5) is 23.4. The van der Waals surface area contributed by atoms with Crippen LogP contribution in [0.25, 0.3) is 0 Å². The van der Waals surface area contributed by atoms with Crippen LogP contribution in [0.4, 0.5) is 0 Å². The monoisotopic (exact) mass is 197 g/mol. The molecule has 0 spiro atoms. The highest BCUT2D eigenvalue weighted by molar-refractivity contribution is 5.87. The fraction of sp³-hybridized carbons (Fsp3) is 0.556. The summed E-state index contributed by atoms with van der Waals surface area (Å²) in [5.74, 6) is 1.40. The smallest absolute Gasteiger partial charge is 0.240 e. The molecule has 4 N–H and O–H groups in total. The minimum absolute atomic E-state index is 0.153. The van der Waals surface area contributed by atoms with E-state index < -0.39 is 11.9 Å². The largest absolute Gasteiger partial charge is 0.370 e. The first-order valence-corrected chi connectivity index (χ1v) is 4.29. The second kappa shape index (κ2) is 6.00. The molecule has 0 aromatic carbocycles. The zero-order chi connectivity index (χ0) is 11.1. The number of carbonyl (C=O) groups is 2. The maximum absolute atomic E-state index is 11.5. The SMILES string of the molecule is C#CCN(CC)C(=O)C(N)CC(N)=O. The van der Waals surface area contributed by atoms with Crippen LogP contribution in [0.1, 0.15) is 13.3 Å². The number of nitrogens with zero attached hydrogens (tertiary/aromatic N) is 1. The number of primary amides is 1. The molecule has 0 saturated heterocycles. The quantitative estimate of drug-likeness (QED) is 0.535. The van der Waals surface area contributed by atoms with Crippen molar-refractivity contribution in [3.63, 3.8) is 0 Å². The summed E-state index contributed by atoms with van der Waals surface area (Å²) in [6.07, 6.45) is 4.91. The Morgan fingerprint density at radius 3 is 2.50 bits per heavy atom. The van der Waals surface area contributed by atoms with Crippen molar-refractivity contribution in [2.75, 3.05) is 13.1 Å². The number of amides is 2. The van der Waals surface area contributed by atoms with Crippen LogP contribution < -0.4 is 11.5 Å². The predicted octanol–water partition coefficient (Wildman–Crippen LogP) is -1.33. The van der Waals surface area contributed by atoms with Crippen LogP contribution >= 0.6 is 0 Å². The van der Waals surface area contributed by atoms with E-state index in [0.29, 0.717) is 6.54 Å². The van der Waals surface area contributed by atoms with Crippen LogP contribution in [0.3, 0.4) is 0 Å². The molecule has 0 saturated carbocycles. The third-order valence-corrected chi connectivity index (χ3v) is 1.71. The Labute approximate surface area is 83.4 Å². The first kappa shape index (κ1) is 12.5. The molecule has 0 aliphatic rings. The van der Waals surface area contributed by atoms with Crippen LogP contribution in [-0.4, -0.2) is 35.8 Å². The van der Waals surface area contributed by atoms with Crippen LogP contribution in [0.15, 0.2) is 0 Å². The highest BCUT2D eigenvalue weighted by atomic mass is 16.2. The van der Waals surface area contributed by atoms with Gasteiger partial charge in [-0.2, -0.15) is 0 Å². The molecule has 0 bridgehead atoms. The van der Waals surface area contributed by atoms with E-state index in [4.69, 9.17) is 17.9 Å². The number of terminal acetylenes is 1. The second-order valence-electron chi connectivity index (χ2n) is 2.83. The van der Waals surface area contributed by atoms with Gasteiger partial charge in [0.05, 0.1) is 19.0 Å². The minimum atomic E-state index is -0.888. The Kier molecular flexibility index (Phi) is 5.34. The van der Waals surface area contributed by atoms with Crippen LogP contribution in [-0.2, 0) is 9.59 Å². The van der Waals surface area contributed by atoms with Gasteiger partial charge in [-0.1, -0.05) is 5.92 Å². The number of hydrogen-bond acceptors (Lipinski definition) is 3. The fourth-order valence-corrected chi connectivity index (χ4v) is 0.994. The van der Waals surface area contributed by atoms with E-state index in [1.165, 1.54) is 4.90 Å². The molecule has 5 nitrogen and oxygen atoms in total. The van der Waals surface area contributed by atoms with E-state index in [1.54, 1.807) is 6.92 Å². The van der Waals surface area contributed by atoms with Gasteiger partial charge in [-0.3, -0.25) is 9.59 Å². The standard InChI is InChI=1S/C9H15N3O2/c1-3-5-12(4-2)9(14)7(10)6-8(11)13/h1,7H,4-6,10H2,2H3,(H2,11,13). The van der Waals surface area contributed by atoms with Gasteiger partial charge in [0.2, 0.25) is 11.8 Å². The van der Waals surface area contributed by atoms with Gasteiger partial charge in [0.15, 0.2) is 0 Å². The van der Waals surface area contributed by atoms with Gasteiger partial charge in [-0.25, -0.2) is 0 Å². The first-order valence-electron chi connectivity index (χ1n) is 4.29. The average Bonchev–Trinajstić information content (AvgIpc) is 2.12. The van der Waals surface area contributed by atoms with Crippen molar-refractivity contribution in [2.45, 2.75) is 19.4 Å². The lowest BCUT2D eigenvalue weighted by Crippen LogP contribution is -2.45. The second-order valence-corrected chi connectivity index (χ2v) is 2.83. The van der Waals surface area contributed by atoms with Crippen molar-refractivity contribution < 1.29 is 9.59 Å². The number of hydrogen-bond donors (Lipinski definition) is 2. The van der Waals surface area contributed by atoms with E-state index in [9.17, 15) is 9.59 Å². The van der Waals surface area contributed by atoms with Crippen molar-refractivity contribution in [1.82, 2.24) is 4.90 Å². The molecule has 1 unspecified atom stereocenters. The fourth-order valence-electron chi connectivity index (χ4n) is 0.994. The maximum Gasteiger partial charge on any atom is 0.240 e. The van der Waals surface area contributed by atoms with Crippen molar-refractivity contribution >= 4 is 11.8 Å². The summed E-state index contributed by atoms with van der Waals surface area (Å²) in [7, 11) is 0. The summed E-state index contributed by atoms with van der Waals surface area (Å²) < 4.78 is 0. The van der Waals surface area contributed by atoms with E-state index in [0.717, 1.165) is 0 Å². The van der Waals surface area contributed by atoms with Gasteiger partial charge in [-0.05, 0) is 6.92 Å². The van der Waals surface area contributed by atoms with Gasteiger partial charge in [0.1, 0.15) is 0 Å². The van der Waals surface area contributed by atoms with E-state index in [-0.39, 0.29) is 18.9 Å². The first-order chi connectivity index (χ1) is 6.52. The normalized spacial score (nSPS) is 11.5. The molecule has 0 aliphatic carbocycles. The highest BCUT2D eigenvalue weighted by Gasteiger charge is 2.20. The summed E-state index contributed by atoms with van der Waals surface area (Å²) in [5.41, 5.74) is 10.4. The molecule has 1 atom stereocenters. The summed E-state index contributed by atoms with van der Waals surface area (Å²) in [6.45, 7) is 2.45. The lowest BCUT2D eigenvalue weighted by atomic mass is 10.2. The van der Waals surface area contributed by atoms with Crippen molar-refractivity contribution in [2.24, 2.45) is 11.5 Å². The molecule has 0 aliphatic heterocycles. The topological polar surface area (TPSA) is 89.4 Å². The molecule has 5 heteroatoms. The molecule has 0 aromatic rings. The Bertz CT molecular complexity index is 257. The summed E-state index contributed by atoms with van der Waals surface area (Å²) in [5, 5.41) is 0. The number of rotatable bonds is 5. The number of likely N-dealkylation sites (N-methyl/N-ethyl adjacent to an activating group) is 1. The molecule has 0 radical (unpaired) electrons. The summed E-state index contributed by atoms with van der Waals surface area (Å²) >= 11 is 0. The molecule has 2 amide bonds. The molecule has 0 aromatic heterocycles.